The summed E-state index contributed by atoms with van der Waals surface area (Å²) in [5.41, 5.74) is 5.51. The predicted molar refractivity (Wildman–Crippen MR) is 127 cm³/mol. The number of aromatic amines is 1. The van der Waals surface area contributed by atoms with Crippen LogP contribution in [-0.2, 0) is 26.4 Å². The average molecular weight is 458 g/mol. The van der Waals surface area contributed by atoms with Crippen molar-refractivity contribution >= 4 is 17.0 Å². The van der Waals surface area contributed by atoms with E-state index in [0.29, 0.717) is 23.6 Å². The van der Waals surface area contributed by atoms with Gasteiger partial charge in [-0.15, -0.1) is 0 Å². The monoisotopic (exact) mass is 457 g/mol. The smallest absolute Gasteiger partial charge is 0.178 e. The van der Waals surface area contributed by atoms with Gasteiger partial charge in [0.2, 0.25) is 0 Å². The SMILES string of the molecule is Cn1cc(-c2nc3nccc(-c4ccc(CNc5noc6c5CCCCC6)c(F)c4)c3[nH]2)cn1. The molecule has 172 valence electrons. The first-order valence-electron chi connectivity index (χ1n) is 11.5. The van der Waals surface area contributed by atoms with E-state index in [4.69, 9.17) is 4.52 Å². The maximum absolute atomic E-state index is 15.1. The molecule has 0 saturated heterocycles. The van der Waals surface area contributed by atoms with Crippen molar-refractivity contribution in [3.8, 4) is 22.5 Å². The Bertz CT molecular complexity index is 1480. The molecule has 4 heterocycles. The summed E-state index contributed by atoms with van der Waals surface area (Å²) < 4.78 is 22.3. The van der Waals surface area contributed by atoms with Crippen LogP contribution in [0.4, 0.5) is 10.2 Å². The second kappa shape index (κ2) is 8.40. The predicted octanol–water partition coefficient (Wildman–Crippen LogP) is 5.03. The zero-order chi connectivity index (χ0) is 23.1. The van der Waals surface area contributed by atoms with E-state index in [0.717, 1.165) is 65.0 Å². The van der Waals surface area contributed by atoms with Crippen LogP contribution in [0, 0.1) is 5.82 Å². The lowest BCUT2D eigenvalue weighted by Gasteiger charge is -2.09. The number of H-pyrrole nitrogens is 1. The van der Waals surface area contributed by atoms with Gasteiger partial charge in [-0.2, -0.15) is 5.10 Å². The summed E-state index contributed by atoms with van der Waals surface area (Å²) in [7, 11) is 1.85. The fourth-order valence-corrected chi connectivity index (χ4v) is 4.57. The van der Waals surface area contributed by atoms with Crippen molar-refractivity contribution in [3.05, 3.63) is 65.6 Å². The molecule has 0 aliphatic heterocycles. The third kappa shape index (κ3) is 3.72. The Balaban J connectivity index is 1.26. The summed E-state index contributed by atoms with van der Waals surface area (Å²) in [6, 6.07) is 7.15. The molecule has 0 radical (unpaired) electrons. The highest BCUT2D eigenvalue weighted by Gasteiger charge is 2.19. The molecule has 4 aromatic heterocycles. The topological polar surface area (TPSA) is 97.5 Å². The van der Waals surface area contributed by atoms with Crippen molar-refractivity contribution < 1.29 is 8.91 Å². The van der Waals surface area contributed by atoms with Gasteiger partial charge in [-0.05, 0) is 37.0 Å². The summed E-state index contributed by atoms with van der Waals surface area (Å²) in [4.78, 5) is 12.3. The molecule has 1 aliphatic carbocycles. The van der Waals surface area contributed by atoms with E-state index in [1.165, 1.54) is 6.42 Å². The number of fused-ring (bicyclic) bond motifs is 2. The Morgan fingerprint density at radius 3 is 2.91 bits per heavy atom. The van der Waals surface area contributed by atoms with Crippen LogP contribution in [0.3, 0.4) is 0 Å². The molecule has 0 fully saturated rings. The van der Waals surface area contributed by atoms with Crippen LogP contribution in [0.25, 0.3) is 33.7 Å². The Kier molecular flexibility index (Phi) is 5.09. The molecule has 0 unspecified atom stereocenters. The molecule has 5 aromatic rings. The molecular weight excluding hydrogens is 433 g/mol. The highest BCUT2D eigenvalue weighted by molar-refractivity contribution is 5.91. The first-order valence-corrected chi connectivity index (χ1v) is 11.5. The zero-order valence-corrected chi connectivity index (χ0v) is 18.8. The molecule has 2 N–H and O–H groups in total. The first kappa shape index (κ1) is 20.6. The van der Waals surface area contributed by atoms with Crippen molar-refractivity contribution in [1.82, 2.24) is 29.9 Å². The zero-order valence-electron chi connectivity index (χ0n) is 18.8. The second-order valence-electron chi connectivity index (χ2n) is 8.70. The lowest BCUT2D eigenvalue weighted by Crippen LogP contribution is -2.04. The number of benzene rings is 1. The fourth-order valence-electron chi connectivity index (χ4n) is 4.57. The maximum atomic E-state index is 15.1. The number of rotatable bonds is 5. The molecule has 1 aliphatic rings. The number of aromatic nitrogens is 6. The number of hydrogen-bond donors (Lipinski definition) is 2. The van der Waals surface area contributed by atoms with Gasteiger partial charge < -0.3 is 14.8 Å². The van der Waals surface area contributed by atoms with Crippen LogP contribution in [0.15, 0.2) is 47.4 Å². The molecule has 8 nitrogen and oxygen atoms in total. The minimum absolute atomic E-state index is 0.281. The van der Waals surface area contributed by atoms with E-state index in [9.17, 15) is 0 Å². The summed E-state index contributed by atoms with van der Waals surface area (Å²) >= 11 is 0. The summed E-state index contributed by atoms with van der Waals surface area (Å²) in [5, 5.41) is 11.7. The summed E-state index contributed by atoms with van der Waals surface area (Å²) in [6.07, 6.45) is 10.6. The Morgan fingerprint density at radius 2 is 2.06 bits per heavy atom. The third-order valence-electron chi connectivity index (χ3n) is 6.38. The van der Waals surface area contributed by atoms with Gasteiger partial charge in [0, 0.05) is 49.1 Å². The average Bonchev–Trinajstić information content (AvgIpc) is 3.52. The van der Waals surface area contributed by atoms with Crippen molar-refractivity contribution in [2.24, 2.45) is 7.05 Å². The number of nitrogens with zero attached hydrogens (tertiary/aromatic N) is 5. The minimum atomic E-state index is -0.281. The van der Waals surface area contributed by atoms with Gasteiger partial charge >= 0.3 is 0 Å². The van der Waals surface area contributed by atoms with E-state index < -0.39 is 0 Å². The van der Waals surface area contributed by atoms with E-state index in [1.807, 2.05) is 25.4 Å². The minimum Gasteiger partial charge on any atom is -0.363 e. The van der Waals surface area contributed by atoms with Gasteiger partial charge in [-0.1, -0.05) is 23.7 Å². The molecule has 0 amide bonds. The number of halogens is 1. The summed E-state index contributed by atoms with van der Waals surface area (Å²) in [6.45, 7) is 0.339. The number of imidazole rings is 1. The Labute approximate surface area is 195 Å². The molecular formula is C25H24FN7O. The highest BCUT2D eigenvalue weighted by atomic mass is 19.1. The lowest BCUT2D eigenvalue weighted by molar-refractivity contribution is 0.382. The third-order valence-corrected chi connectivity index (χ3v) is 6.38. The summed E-state index contributed by atoms with van der Waals surface area (Å²) in [5.74, 6) is 2.09. The number of nitrogens with one attached hydrogen (secondary N) is 2. The molecule has 0 atom stereocenters. The van der Waals surface area contributed by atoms with Gasteiger partial charge in [0.05, 0.1) is 17.3 Å². The van der Waals surface area contributed by atoms with Crippen molar-refractivity contribution in [2.45, 2.75) is 38.6 Å². The molecule has 9 heteroatoms. The Hall–Kier alpha value is -4.01. The van der Waals surface area contributed by atoms with Gasteiger partial charge in [0.15, 0.2) is 11.5 Å². The quantitative estimate of drug-likeness (QED) is 0.359. The van der Waals surface area contributed by atoms with Crippen LogP contribution in [0.5, 0.6) is 0 Å². The first-order chi connectivity index (χ1) is 16.7. The van der Waals surface area contributed by atoms with Gasteiger partial charge in [-0.3, -0.25) is 4.68 Å². The van der Waals surface area contributed by atoms with Gasteiger partial charge in [-0.25, -0.2) is 14.4 Å². The molecule has 0 bridgehead atoms. The molecule has 1 aromatic carbocycles. The van der Waals surface area contributed by atoms with E-state index in [-0.39, 0.29) is 5.82 Å². The van der Waals surface area contributed by atoms with Crippen molar-refractivity contribution in [1.29, 1.82) is 0 Å². The van der Waals surface area contributed by atoms with Crippen molar-refractivity contribution in [2.75, 3.05) is 5.32 Å². The number of hydrogen-bond acceptors (Lipinski definition) is 6. The molecule has 0 spiro atoms. The van der Waals surface area contributed by atoms with E-state index in [1.54, 1.807) is 29.2 Å². The lowest BCUT2D eigenvalue weighted by atomic mass is 10.0. The molecule has 6 rings (SSSR count). The van der Waals surface area contributed by atoms with Crippen LogP contribution < -0.4 is 5.32 Å². The van der Waals surface area contributed by atoms with E-state index in [2.05, 4.69) is 30.5 Å². The standard InChI is InChI=1S/C25H24FN7O/c1-33-14-17(13-29-33)23-30-22-18(9-10-27-25(22)31-23)15-7-8-16(20(26)11-15)12-28-24-19-5-3-2-4-6-21(19)34-32-24/h7-11,13-14H,2-6,12H2,1H3,(H,28,32)(H,27,30,31). The van der Waals surface area contributed by atoms with Crippen LogP contribution in [-0.4, -0.2) is 29.9 Å². The number of pyridine rings is 1. The van der Waals surface area contributed by atoms with Crippen LogP contribution in [0.1, 0.15) is 36.1 Å². The normalized spacial score (nSPS) is 13.7. The molecule has 0 saturated carbocycles. The second-order valence-corrected chi connectivity index (χ2v) is 8.70. The highest BCUT2D eigenvalue weighted by Crippen LogP contribution is 2.31. The van der Waals surface area contributed by atoms with Crippen LogP contribution in [0.2, 0.25) is 0 Å². The fraction of sp³-hybridized carbons (Fsp3) is 0.280. The molecule has 34 heavy (non-hydrogen) atoms. The van der Waals surface area contributed by atoms with Gasteiger partial charge in [0.25, 0.3) is 0 Å². The van der Waals surface area contributed by atoms with E-state index >= 15 is 4.39 Å². The Morgan fingerprint density at radius 1 is 1.15 bits per heavy atom. The van der Waals surface area contributed by atoms with Crippen molar-refractivity contribution in [3.63, 3.8) is 0 Å². The largest absolute Gasteiger partial charge is 0.363 e. The number of anilines is 1. The van der Waals surface area contributed by atoms with Gasteiger partial charge in [0.1, 0.15) is 17.4 Å². The maximum Gasteiger partial charge on any atom is 0.178 e. The van der Waals surface area contributed by atoms with Crippen LogP contribution >= 0.6 is 0 Å². The number of aryl methyl sites for hydroxylation is 2.